The van der Waals surface area contributed by atoms with Crippen LogP contribution in [0.5, 0.6) is 0 Å². The van der Waals surface area contributed by atoms with Gasteiger partial charge in [0, 0.05) is 16.4 Å². The molecule has 0 spiro atoms. The summed E-state index contributed by atoms with van der Waals surface area (Å²) in [6.07, 6.45) is 5.91. The summed E-state index contributed by atoms with van der Waals surface area (Å²) in [6, 6.07) is 11.3. The van der Waals surface area contributed by atoms with Crippen molar-refractivity contribution in [3.05, 3.63) is 35.9 Å². The first kappa shape index (κ1) is 15.5. The van der Waals surface area contributed by atoms with Crippen molar-refractivity contribution >= 4 is 43.2 Å². The van der Waals surface area contributed by atoms with Crippen molar-refractivity contribution in [3.8, 4) is 0 Å². The first-order chi connectivity index (χ1) is 9.77. The van der Waals surface area contributed by atoms with Gasteiger partial charge in [-0.3, -0.25) is 0 Å². The molecule has 110 valence electrons. The van der Waals surface area contributed by atoms with Gasteiger partial charge < -0.3 is 0 Å². The van der Waals surface area contributed by atoms with Crippen molar-refractivity contribution in [1.29, 1.82) is 0 Å². The van der Waals surface area contributed by atoms with Crippen molar-refractivity contribution in [3.63, 3.8) is 0 Å². The van der Waals surface area contributed by atoms with Gasteiger partial charge in [0.2, 0.25) is 0 Å². The van der Waals surface area contributed by atoms with Crippen LogP contribution in [-0.2, 0) is 0 Å². The third-order valence-electron chi connectivity index (χ3n) is 5.00. The lowest BCUT2D eigenvalue weighted by molar-refractivity contribution is 0.350. The highest BCUT2D eigenvalue weighted by molar-refractivity contribution is 8.77. The van der Waals surface area contributed by atoms with Crippen molar-refractivity contribution in [2.75, 3.05) is 12.5 Å². The summed E-state index contributed by atoms with van der Waals surface area (Å²) in [4.78, 5) is 0. The Labute approximate surface area is 138 Å². The van der Waals surface area contributed by atoms with Crippen LogP contribution in [0.1, 0.15) is 24.8 Å². The zero-order chi connectivity index (χ0) is 14.1. The lowest BCUT2D eigenvalue weighted by atomic mass is 9.78. The van der Waals surface area contributed by atoms with E-state index in [4.69, 9.17) is 0 Å². The predicted molar refractivity (Wildman–Crippen MR) is 99.7 cm³/mol. The Hall–Kier alpha value is 0.620. The molecule has 2 bridgehead atoms. The van der Waals surface area contributed by atoms with Crippen LogP contribution in [0.2, 0.25) is 0 Å². The second kappa shape index (κ2) is 6.80. The molecule has 0 amide bonds. The number of benzene rings is 1. The van der Waals surface area contributed by atoms with E-state index >= 15 is 0 Å². The second-order valence-electron chi connectivity index (χ2n) is 5.81. The van der Waals surface area contributed by atoms with Gasteiger partial charge in [-0.1, -0.05) is 80.4 Å². The van der Waals surface area contributed by atoms with Gasteiger partial charge in [0.25, 0.3) is 0 Å². The van der Waals surface area contributed by atoms with Crippen LogP contribution in [0.4, 0.5) is 0 Å². The second-order valence-corrected chi connectivity index (χ2v) is 11.1. The average Bonchev–Trinajstić information content (AvgIpc) is 2.98. The summed E-state index contributed by atoms with van der Waals surface area (Å²) in [5.41, 5.74) is 1.57. The van der Waals surface area contributed by atoms with Crippen molar-refractivity contribution in [2.24, 2.45) is 17.8 Å². The fourth-order valence-corrected chi connectivity index (χ4v) is 9.51. The van der Waals surface area contributed by atoms with E-state index < -0.39 is 0 Å². The highest BCUT2D eigenvalue weighted by Crippen LogP contribution is 2.64. The van der Waals surface area contributed by atoms with E-state index in [9.17, 15) is 0 Å². The lowest BCUT2D eigenvalue weighted by Gasteiger charge is -2.38. The fourth-order valence-electron chi connectivity index (χ4n) is 4.22. The molecule has 2 aliphatic carbocycles. The zero-order valence-corrected chi connectivity index (χ0v) is 15.5. The minimum Gasteiger partial charge on any atom is -0.0973 e. The number of rotatable bonds is 5. The Morgan fingerprint density at radius 1 is 0.900 bits per heavy atom. The molecule has 6 atom stereocenters. The van der Waals surface area contributed by atoms with Gasteiger partial charge >= 0.3 is 0 Å². The van der Waals surface area contributed by atoms with Crippen LogP contribution in [0.25, 0.3) is 0 Å². The maximum atomic E-state index is 2.49. The van der Waals surface area contributed by atoms with Gasteiger partial charge in [-0.25, -0.2) is 0 Å². The maximum absolute atomic E-state index is 2.49. The van der Waals surface area contributed by atoms with Gasteiger partial charge in [-0.2, -0.15) is 0 Å². The molecular weight excluding hydrogens is 320 g/mol. The Bertz CT molecular complexity index is 435. The predicted octanol–water partition coefficient (Wildman–Crippen LogP) is 5.82. The summed E-state index contributed by atoms with van der Waals surface area (Å²) in [5, 5.41) is 1.66. The molecule has 0 aliphatic heterocycles. The standard InChI is InChI=1S/C16H22S4/c1-10-12-9-13(15(10)19-17-2)14(16(12)20-18-3)11-7-5-4-6-8-11/h4-8,10,12-16H,9H2,1-3H3. The topological polar surface area (TPSA) is 0 Å². The van der Waals surface area contributed by atoms with Gasteiger partial charge in [0.05, 0.1) is 0 Å². The van der Waals surface area contributed by atoms with Crippen LogP contribution in [0, 0.1) is 17.8 Å². The summed E-state index contributed by atoms with van der Waals surface area (Å²) in [6.45, 7) is 2.49. The van der Waals surface area contributed by atoms with Gasteiger partial charge in [0.15, 0.2) is 0 Å². The van der Waals surface area contributed by atoms with Crippen LogP contribution in [0.15, 0.2) is 30.3 Å². The van der Waals surface area contributed by atoms with Gasteiger partial charge in [0.1, 0.15) is 0 Å². The average molecular weight is 343 g/mol. The van der Waals surface area contributed by atoms with E-state index in [0.717, 1.165) is 34.2 Å². The summed E-state index contributed by atoms with van der Waals surface area (Å²) in [5.74, 6) is 3.42. The molecule has 0 N–H and O–H groups in total. The summed E-state index contributed by atoms with van der Waals surface area (Å²) >= 11 is 0. The van der Waals surface area contributed by atoms with Crippen LogP contribution >= 0.6 is 43.2 Å². The highest BCUT2D eigenvalue weighted by atomic mass is 33.1. The van der Waals surface area contributed by atoms with E-state index in [1.54, 1.807) is 5.56 Å². The minimum atomic E-state index is 0.763. The Morgan fingerprint density at radius 2 is 1.55 bits per heavy atom. The van der Waals surface area contributed by atoms with E-state index in [2.05, 4.69) is 71.4 Å². The minimum absolute atomic E-state index is 0.763. The molecule has 4 heteroatoms. The molecule has 6 unspecified atom stereocenters. The number of hydrogen-bond acceptors (Lipinski definition) is 4. The van der Waals surface area contributed by atoms with Crippen molar-refractivity contribution in [2.45, 2.75) is 29.8 Å². The molecule has 1 aromatic carbocycles. The molecule has 1 aromatic rings. The molecule has 2 saturated carbocycles. The quantitative estimate of drug-likeness (QED) is 0.618. The molecular formula is C16H22S4. The third-order valence-corrected chi connectivity index (χ3v) is 9.74. The lowest BCUT2D eigenvalue weighted by Crippen LogP contribution is -2.35. The molecule has 3 rings (SSSR count). The molecule has 0 radical (unpaired) electrons. The molecule has 0 aromatic heterocycles. The zero-order valence-electron chi connectivity index (χ0n) is 12.2. The molecule has 20 heavy (non-hydrogen) atoms. The first-order valence-electron chi connectivity index (χ1n) is 7.21. The fraction of sp³-hybridized carbons (Fsp3) is 0.625. The van der Waals surface area contributed by atoms with Crippen molar-refractivity contribution in [1.82, 2.24) is 0 Å². The van der Waals surface area contributed by atoms with Crippen LogP contribution in [0.3, 0.4) is 0 Å². The molecule has 2 fully saturated rings. The molecule has 0 heterocycles. The van der Waals surface area contributed by atoms with Gasteiger partial charge in [-0.15, -0.1) is 0 Å². The summed E-state index contributed by atoms with van der Waals surface area (Å²) in [7, 11) is 8.18. The molecule has 0 saturated heterocycles. The smallest absolute Gasteiger partial charge is 0.0254 e. The monoisotopic (exact) mass is 342 g/mol. The number of fused-ring (bicyclic) bond motifs is 2. The summed E-state index contributed by atoms with van der Waals surface area (Å²) < 4.78 is 0. The first-order valence-corrected chi connectivity index (χ1v) is 12.5. The SMILES string of the molecule is CSSC1C(C)C2CC1C(c1ccccc1)C2SSC. The Morgan fingerprint density at radius 3 is 2.20 bits per heavy atom. The third kappa shape index (κ3) is 2.66. The molecule has 2 aliphatic rings. The van der Waals surface area contributed by atoms with E-state index in [1.165, 1.54) is 6.42 Å². The number of hydrogen-bond donors (Lipinski definition) is 0. The van der Waals surface area contributed by atoms with Crippen LogP contribution < -0.4 is 0 Å². The normalized spacial score (nSPS) is 39.4. The van der Waals surface area contributed by atoms with Gasteiger partial charge in [-0.05, 0) is 42.2 Å². The highest BCUT2D eigenvalue weighted by Gasteiger charge is 2.57. The van der Waals surface area contributed by atoms with E-state index in [0.29, 0.717) is 0 Å². The Balaban J connectivity index is 1.90. The largest absolute Gasteiger partial charge is 0.0973 e. The molecule has 0 nitrogen and oxygen atoms in total. The van der Waals surface area contributed by atoms with Crippen LogP contribution in [-0.4, -0.2) is 23.0 Å². The van der Waals surface area contributed by atoms with E-state index in [1.807, 2.05) is 21.6 Å². The maximum Gasteiger partial charge on any atom is 0.0254 e. The van der Waals surface area contributed by atoms with Crippen molar-refractivity contribution < 1.29 is 0 Å². The van der Waals surface area contributed by atoms with E-state index in [-0.39, 0.29) is 0 Å². The Kier molecular flexibility index (Phi) is 5.28.